The molecule has 3 aromatic carbocycles. The van der Waals surface area contributed by atoms with Crippen LogP contribution in [0.4, 0.5) is 18.4 Å². The summed E-state index contributed by atoms with van der Waals surface area (Å²) in [6.07, 6.45) is 16.5. The number of carbonyl (C=O) groups excluding carboxylic acids is 2. The van der Waals surface area contributed by atoms with Crippen LogP contribution in [0, 0.1) is 17.8 Å². The molecular weight excluding hydrogens is 1110 g/mol. The second-order valence-corrected chi connectivity index (χ2v) is 22.9. The predicted molar refractivity (Wildman–Crippen MR) is 330 cm³/mol. The van der Waals surface area contributed by atoms with Crippen molar-refractivity contribution in [3.05, 3.63) is 89.5 Å². The second kappa shape index (κ2) is 45.9. The molecule has 3 aromatic rings. The number of hydrogen-bond donors (Lipinski definition) is 5. The van der Waals surface area contributed by atoms with Gasteiger partial charge in [0.2, 0.25) is 0 Å². The monoisotopic (exact) mass is 1210 g/mol. The van der Waals surface area contributed by atoms with Crippen molar-refractivity contribution in [1.29, 1.82) is 0 Å². The van der Waals surface area contributed by atoms with Crippen LogP contribution < -0.4 is 30.6 Å². The number of alkyl halides is 4. The maximum absolute atomic E-state index is 14.5. The molecule has 0 aliphatic heterocycles. The third kappa shape index (κ3) is 38.3. The fourth-order valence-corrected chi connectivity index (χ4v) is 9.00. The van der Waals surface area contributed by atoms with Gasteiger partial charge in [-0.15, -0.1) is 48.0 Å². The maximum Gasteiger partial charge on any atom is 0.407 e. The summed E-state index contributed by atoms with van der Waals surface area (Å²) in [5, 5.41) is 23.4. The van der Waals surface area contributed by atoms with E-state index >= 15 is 0 Å². The molecule has 3 aliphatic carbocycles. The normalized spacial score (nSPS) is 15.7. The SMILES string of the molecule is C.CC(C)(C)OC(=O)NCCC(F)c1cccc(OCC2CCCCC2)c1.CC(C)(C)OC(=O)NCCC(O)c1cccc(OCC2CCCCC2)c1.CCO.Cl.Cl.ClCCl.NCCC(F)c1cccc(OCC2CCCCC2)c1. The van der Waals surface area contributed by atoms with Gasteiger partial charge in [0.15, 0.2) is 0 Å². The summed E-state index contributed by atoms with van der Waals surface area (Å²) in [6.45, 7) is 15.9. The largest absolute Gasteiger partial charge is 0.493 e. The first-order valence-electron chi connectivity index (χ1n) is 28.3. The topological polar surface area (TPSA) is 171 Å². The molecule has 0 spiro atoms. The number of nitrogens with one attached hydrogen (secondary N) is 2. The molecule has 3 saturated carbocycles. The molecule has 0 aromatic heterocycles. The lowest BCUT2D eigenvalue weighted by Crippen LogP contribution is -2.33. The van der Waals surface area contributed by atoms with E-state index in [4.69, 9.17) is 57.7 Å². The fourth-order valence-electron chi connectivity index (χ4n) is 9.00. The molecule has 0 saturated heterocycles. The van der Waals surface area contributed by atoms with Crippen LogP contribution in [-0.2, 0) is 9.47 Å². The number of hydrogen-bond acceptors (Lipinski definition) is 10. The van der Waals surface area contributed by atoms with Crippen LogP contribution >= 0.6 is 48.0 Å². The predicted octanol–water partition coefficient (Wildman–Crippen LogP) is 17.1. The number of amides is 2. The van der Waals surface area contributed by atoms with E-state index in [0.717, 1.165) is 36.0 Å². The number of carbonyl (C=O) groups is 2. The van der Waals surface area contributed by atoms with Gasteiger partial charge in [-0.25, -0.2) is 18.4 Å². The zero-order valence-electron chi connectivity index (χ0n) is 48.4. The number of halogens is 6. The highest BCUT2D eigenvalue weighted by molar-refractivity contribution is 6.40. The van der Waals surface area contributed by atoms with E-state index in [-0.39, 0.29) is 57.2 Å². The average molecular weight is 1210 g/mol. The first-order valence-corrected chi connectivity index (χ1v) is 29.4. The Kier molecular flexibility index (Phi) is 45.1. The first kappa shape index (κ1) is 78.6. The quantitative estimate of drug-likeness (QED) is 0.0686. The Hall–Kier alpha value is -3.50. The molecule has 0 radical (unpaired) electrons. The highest BCUT2D eigenvalue weighted by Crippen LogP contribution is 2.30. The molecule has 0 bridgehead atoms. The van der Waals surface area contributed by atoms with Crippen molar-refractivity contribution in [2.75, 3.05) is 51.4 Å². The van der Waals surface area contributed by atoms with E-state index in [0.29, 0.717) is 61.4 Å². The minimum Gasteiger partial charge on any atom is -0.493 e. The van der Waals surface area contributed by atoms with Crippen molar-refractivity contribution in [2.45, 2.75) is 201 Å². The van der Waals surface area contributed by atoms with E-state index < -0.39 is 41.8 Å². The maximum atomic E-state index is 14.5. The lowest BCUT2D eigenvalue weighted by Gasteiger charge is -2.22. The number of nitrogens with two attached hydrogens (primary N) is 1. The van der Waals surface area contributed by atoms with Crippen molar-refractivity contribution < 1.29 is 52.3 Å². The Labute approximate surface area is 503 Å². The Morgan fingerprint density at radius 2 is 0.887 bits per heavy atom. The zero-order chi connectivity index (χ0) is 56.9. The van der Waals surface area contributed by atoms with Crippen LogP contribution in [0.5, 0.6) is 17.2 Å². The number of ether oxygens (including phenoxy) is 5. The van der Waals surface area contributed by atoms with Gasteiger partial charge in [-0.2, -0.15) is 0 Å². The summed E-state index contributed by atoms with van der Waals surface area (Å²) in [6, 6.07) is 22.2. The van der Waals surface area contributed by atoms with Gasteiger partial charge in [0, 0.05) is 26.1 Å². The number of aliphatic hydroxyl groups excluding tert-OH is 2. The van der Waals surface area contributed by atoms with E-state index in [9.17, 15) is 23.5 Å². The Morgan fingerprint density at radius 3 is 1.21 bits per heavy atom. The third-order valence-electron chi connectivity index (χ3n) is 12.9. The summed E-state index contributed by atoms with van der Waals surface area (Å²) in [5.41, 5.74) is 6.37. The van der Waals surface area contributed by atoms with Gasteiger partial charge in [0.05, 0.1) is 31.3 Å². The molecule has 80 heavy (non-hydrogen) atoms. The molecule has 3 fully saturated rings. The first-order chi connectivity index (χ1) is 36.8. The molecule has 18 heteroatoms. The molecule has 2 amide bonds. The van der Waals surface area contributed by atoms with Crippen LogP contribution in [-0.4, -0.2) is 85.0 Å². The summed E-state index contributed by atoms with van der Waals surface area (Å²) in [4.78, 5) is 23.2. The molecule has 12 nitrogen and oxygen atoms in total. The van der Waals surface area contributed by atoms with Crippen LogP contribution in [0.3, 0.4) is 0 Å². The minimum absolute atomic E-state index is 0. The number of aliphatic hydroxyl groups is 2. The second-order valence-electron chi connectivity index (χ2n) is 22.0. The summed E-state index contributed by atoms with van der Waals surface area (Å²) >= 11 is 9.53. The number of alkyl carbamates (subject to hydrolysis) is 2. The van der Waals surface area contributed by atoms with Crippen molar-refractivity contribution in [2.24, 2.45) is 23.5 Å². The van der Waals surface area contributed by atoms with Crippen molar-refractivity contribution >= 4 is 60.2 Å². The summed E-state index contributed by atoms with van der Waals surface area (Å²) in [7, 11) is 0. The van der Waals surface area contributed by atoms with Crippen molar-refractivity contribution in [3.63, 3.8) is 0 Å². The van der Waals surface area contributed by atoms with Crippen LogP contribution in [0.1, 0.15) is 207 Å². The lowest BCUT2D eigenvalue weighted by atomic mass is 9.90. The van der Waals surface area contributed by atoms with Gasteiger partial charge in [0.1, 0.15) is 40.8 Å². The minimum atomic E-state index is -1.15. The highest BCUT2D eigenvalue weighted by Gasteiger charge is 2.21. The van der Waals surface area contributed by atoms with E-state index in [1.54, 1.807) is 45.9 Å². The van der Waals surface area contributed by atoms with Crippen LogP contribution in [0.2, 0.25) is 0 Å². The van der Waals surface area contributed by atoms with Gasteiger partial charge in [-0.3, -0.25) is 0 Å². The zero-order valence-corrected chi connectivity index (χ0v) is 51.6. The van der Waals surface area contributed by atoms with Crippen molar-refractivity contribution in [1.82, 2.24) is 10.6 Å². The average Bonchev–Trinajstić information content (AvgIpc) is 3.40. The molecule has 3 aliphatic rings. The molecule has 6 rings (SSSR count). The molecule has 0 heterocycles. The van der Waals surface area contributed by atoms with Gasteiger partial charge in [0.25, 0.3) is 0 Å². The van der Waals surface area contributed by atoms with Crippen molar-refractivity contribution in [3.8, 4) is 17.2 Å². The van der Waals surface area contributed by atoms with Crippen LogP contribution in [0.25, 0.3) is 0 Å². The Bertz CT molecular complexity index is 1900. The standard InChI is InChI=1S/C21H32FNO3.C21H33NO4.C16H24FNO.C2H6O.CH2Cl2.CH4.2ClH/c1-21(2,3)26-20(24)23-13-12-19(22)17-10-7-11-18(14-17)25-15-16-8-5-4-6-9-16;1-21(2,3)26-20(24)22-13-12-19(23)17-10-7-11-18(14-17)25-15-16-8-5-4-6-9-16;17-16(9-10-18)14-7-4-8-15(11-14)19-12-13-5-2-1-3-6-13;1-2-3;2-1-3;;;/h7,10-11,14,16,19H,4-6,8-9,12-13,15H2,1-3H3,(H,23,24);7,10-11,14,16,19,23H,4-6,8-9,12-13,15H2,1-3H3,(H,22,24);4,7-8,11,13,16H,1-3,5-6,9-10,12,18H2;3H,2H2,1H3;1H2;1H4;2*1H. The highest BCUT2D eigenvalue weighted by atomic mass is 35.5. The van der Waals surface area contributed by atoms with Gasteiger partial charge in [-0.05, 0) is 177 Å². The van der Waals surface area contributed by atoms with Gasteiger partial charge >= 0.3 is 12.2 Å². The summed E-state index contributed by atoms with van der Waals surface area (Å²) in [5.74, 6) is 4.23. The molecule has 3 unspecified atom stereocenters. The Balaban J connectivity index is 0. The van der Waals surface area contributed by atoms with Gasteiger partial charge in [-0.1, -0.05) is 102 Å². The van der Waals surface area contributed by atoms with E-state index in [1.807, 2.05) is 75.4 Å². The molecule has 3 atom stereocenters. The third-order valence-corrected chi connectivity index (χ3v) is 12.9. The fraction of sp³-hybridized carbons (Fsp3) is 0.677. The molecule has 6 N–H and O–H groups in total. The number of rotatable bonds is 20. The van der Waals surface area contributed by atoms with Crippen LogP contribution in [0.15, 0.2) is 72.8 Å². The smallest absolute Gasteiger partial charge is 0.407 e. The lowest BCUT2D eigenvalue weighted by molar-refractivity contribution is 0.0508. The van der Waals surface area contributed by atoms with E-state index in [1.165, 1.54) is 96.3 Å². The Morgan fingerprint density at radius 1 is 0.588 bits per heavy atom. The number of benzene rings is 3. The molecular formula is C62H103Cl4F2N3O9. The molecule has 462 valence electrons. The van der Waals surface area contributed by atoms with Gasteiger partial charge < -0.3 is 50.3 Å². The van der Waals surface area contributed by atoms with E-state index in [2.05, 4.69) is 10.6 Å². The summed E-state index contributed by atoms with van der Waals surface area (Å²) < 4.78 is 56.2.